The van der Waals surface area contributed by atoms with Gasteiger partial charge >= 0.3 is 5.97 Å². The van der Waals surface area contributed by atoms with E-state index in [1.165, 1.54) is 12.3 Å². The first-order valence-corrected chi connectivity index (χ1v) is 9.85. The molecule has 1 N–H and O–H groups in total. The lowest BCUT2D eigenvalue weighted by molar-refractivity contribution is -0.142. The zero-order valence-corrected chi connectivity index (χ0v) is 17.9. The van der Waals surface area contributed by atoms with Crippen molar-refractivity contribution in [2.24, 2.45) is 0 Å². The summed E-state index contributed by atoms with van der Waals surface area (Å²) in [5, 5.41) is 3.05. The highest BCUT2D eigenvalue weighted by Crippen LogP contribution is 2.29. The first kappa shape index (κ1) is 23.6. The maximum Gasteiger partial charge on any atom is 0.310 e. The van der Waals surface area contributed by atoms with Crippen molar-refractivity contribution < 1.29 is 19.1 Å². The van der Waals surface area contributed by atoms with Gasteiger partial charge in [-0.2, -0.15) is 0 Å². The predicted molar refractivity (Wildman–Crippen MR) is 122 cm³/mol. The molecule has 2 aromatic rings. The summed E-state index contributed by atoms with van der Waals surface area (Å²) in [5.74, 6) is 0.0650. The molecular weight excluding hydrogens is 416 g/mol. The molecule has 0 radical (unpaired) electrons. The largest absolute Gasteiger partial charge is 0.466 e. The molecule has 1 heterocycles. The minimum absolute atomic E-state index is 0.132. The van der Waals surface area contributed by atoms with Gasteiger partial charge in [-0.3, -0.25) is 9.59 Å². The molecule has 0 saturated heterocycles. The molecule has 1 amide bonds. The van der Waals surface area contributed by atoms with Gasteiger partial charge in [-0.1, -0.05) is 49.1 Å². The molecule has 160 valence electrons. The summed E-state index contributed by atoms with van der Waals surface area (Å²) in [6, 6.07) is 8.30. The molecule has 1 aromatic heterocycles. The highest BCUT2D eigenvalue weighted by Gasteiger charge is 2.09. The minimum atomic E-state index is -0.321. The van der Waals surface area contributed by atoms with Gasteiger partial charge in [0.1, 0.15) is 5.75 Å². The first-order valence-electron chi connectivity index (χ1n) is 9.47. The summed E-state index contributed by atoms with van der Waals surface area (Å²) in [4.78, 5) is 27.8. The van der Waals surface area contributed by atoms with Crippen LogP contribution in [0.5, 0.6) is 11.6 Å². The van der Waals surface area contributed by atoms with Crippen LogP contribution in [0.4, 0.5) is 5.69 Å². The Hall–Kier alpha value is -3.64. The Morgan fingerprint density at radius 2 is 2.00 bits per heavy atom. The molecule has 0 saturated carbocycles. The summed E-state index contributed by atoms with van der Waals surface area (Å²) >= 11 is 6.25. The number of pyridine rings is 1. The second kappa shape index (κ2) is 12.1. The maximum atomic E-state index is 12.0. The van der Waals surface area contributed by atoms with Crippen molar-refractivity contribution in [3.8, 4) is 11.6 Å². The van der Waals surface area contributed by atoms with E-state index in [4.69, 9.17) is 21.1 Å². The zero-order chi connectivity index (χ0) is 22.6. The Morgan fingerprint density at radius 1 is 1.19 bits per heavy atom. The quantitative estimate of drug-likeness (QED) is 0.304. The summed E-state index contributed by atoms with van der Waals surface area (Å²) in [5.41, 5.74) is 1.99. The number of hydrogen-bond acceptors (Lipinski definition) is 5. The van der Waals surface area contributed by atoms with Gasteiger partial charge in [-0.25, -0.2) is 4.98 Å². The lowest BCUT2D eigenvalue weighted by Crippen LogP contribution is -2.08. The SMILES string of the molecule is C=C/C=C(C=C)/C=C/C(=O)Nc1ccc(Oc2ccc(CC(=O)OCC)cc2Cl)nc1. The van der Waals surface area contributed by atoms with Crippen LogP contribution in [0.3, 0.4) is 0 Å². The number of carbonyl (C=O) groups excluding carboxylic acids is 2. The summed E-state index contributed by atoms with van der Waals surface area (Å²) < 4.78 is 10.6. The molecule has 0 fully saturated rings. The lowest BCUT2D eigenvalue weighted by Gasteiger charge is -2.09. The van der Waals surface area contributed by atoms with Gasteiger partial charge in [0, 0.05) is 12.1 Å². The number of anilines is 1. The Labute approximate surface area is 186 Å². The van der Waals surface area contributed by atoms with E-state index < -0.39 is 0 Å². The van der Waals surface area contributed by atoms with E-state index in [2.05, 4.69) is 23.5 Å². The van der Waals surface area contributed by atoms with Crippen LogP contribution in [0.15, 0.2) is 85.6 Å². The number of halogens is 1. The van der Waals surface area contributed by atoms with Crippen molar-refractivity contribution in [1.29, 1.82) is 0 Å². The number of rotatable bonds is 10. The number of nitrogens with zero attached hydrogens (tertiary/aromatic N) is 1. The Morgan fingerprint density at radius 3 is 2.61 bits per heavy atom. The van der Waals surface area contributed by atoms with E-state index in [1.807, 2.05) is 0 Å². The number of hydrogen-bond donors (Lipinski definition) is 1. The van der Waals surface area contributed by atoms with Crippen molar-refractivity contribution in [3.63, 3.8) is 0 Å². The molecular formula is C24H23ClN2O4. The van der Waals surface area contributed by atoms with Gasteiger partial charge in [0.2, 0.25) is 11.8 Å². The average molecular weight is 439 g/mol. The average Bonchev–Trinajstić information content (AvgIpc) is 2.74. The number of esters is 1. The maximum absolute atomic E-state index is 12.0. The van der Waals surface area contributed by atoms with Crippen LogP contribution in [0.1, 0.15) is 12.5 Å². The van der Waals surface area contributed by atoms with E-state index in [-0.39, 0.29) is 18.3 Å². The van der Waals surface area contributed by atoms with Crippen LogP contribution >= 0.6 is 11.6 Å². The third kappa shape index (κ3) is 7.95. The van der Waals surface area contributed by atoms with Crippen molar-refractivity contribution in [2.75, 3.05) is 11.9 Å². The van der Waals surface area contributed by atoms with E-state index in [1.54, 1.807) is 61.6 Å². The van der Waals surface area contributed by atoms with Crippen LogP contribution in [-0.2, 0) is 20.7 Å². The van der Waals surface area contributed by atoms with E-state index in [0.717, 1.165) is 11.1 Å². The monoisotopic (exact) mass is 438 g/mol. The number of carbonyl (C=O) groups is 2. The Kier molecular flexibility index (Phi) is 9.26. The fourth-order valence-corrected chi connectivity index (χ4v) is 2.67. The van der Waals surface area contributed by atoms with E-state index in [9.17, 15) is 9.59 Å². The summed E-state index contributed by atoms with van der Waals surface area (Å²) in [6.45, 7) is 9.35. The van der Waals surface area contributed by atoms with Gasteiger partial charge in [-0.15, -0.1) is 0 Å². The smallest absolute Gasteiger partial charge is 0.310 e. The number of allylic oxidation sites excluding steroid dienone is 5. The van der Waals surface area contributed by atoms with E-state index >= 15 is 0 Å². The number of nitrogens with one attached hydrogen (secondary N) is 1. The highest BCUT2D eigenvalue weighted by atomic mass is 35.5. The molecule has 0 aliphatic heterocycles. The van der Waals surface area contributed by atoms with Gasteiger partial charge < -0.3 is 14.8 Å². The first-order chi connectivity index (χ1) is 14.9. The molecule has 0 bridgehead atoms. The van der Waals surface area contributed by atoms with Gasteiger partial charge in [0.05, 0.1) is 29.9 Å². The Bertz CT molecular complexity index is 1010. The molecule has 0 aliphatic carbocycles. The lowest BCUT2D eigenvalue weighted by atomic mass is 10.1. The topological polar surface area (TPSA) is 77.5 Å². The van der Waals surface area contributed by atoms with Gasteiger partial charge in [0.15, 0.2) is 0 Å². The second-order valence-electron chi connectivity index (χ2n) is 6.16. The van der Waals surface area contributed by atoms with Crippen molar-refractivity contribution >= 4 is 29.2 Å². The predicted octanol–water partition coefficient (Wildman–Crippen LogP) is 5.43. The minimum Gasteiger partial charge on any atom is -0.466 e. The van der Waals surface area contributed by atoms with Crippen LogP contribution in [-0.4, -0.2) is 23.5 Å². The van der Waals surface area contributed by atoms with Crippen molar-refractivity contribution in [1.82, 2.24) is 4.98 Å². The molecule has 0 spiro atoms. The standard InChI is InChI=1S/C24H23ClN2O4/c1-4-7-17(5-2)9-12-22(28)27-19-10-13-23(26-16-19)31-21-11-8-18(14-20(21)25)15-24(29)30-6-3/h4-5,7-14,16H,1-2,6,15H2,3H3,(H,27,28)/b12-9+,17-7+. The molecule has 0 aliphatic rings. The number of amides is 1. The van der Waals surface area contributed by atoms with Crippen LogP contribution in [0, 0.1) is 0 Å². The highest BCUT2D eigenvalue weighted by molar-refractivity contribution is 6.32. The molecule has 2 rings (SSSR count). The van der Waals surface area contributed by atoms with Crippen LogP contribution in [0.25, 0.3) is 0 Å². The molecule has 31 heavy (non-hydrogen) atoms. The van der Waals surface area contributed by atoms with Gasteiger partial charge in [-0.05, 0) is 42.3 Å². The number of aromatic nitrogens is 1. The zero-order valence-electron chi connectivity index (χ0n) is 17.1. The molecule has 6 nitrogen and oxygen atoms in total. The van der Waals surface area contributed by atoms with Crippen LogP contribution < -0.4 is 10.1 Å². The summed E-state index contributed by atoms with van der Waals surface area (Å²) in [7, 11) is 0. The van der Waals surface area contributed by atoms with E-state index in [0.29, 0.717) is 28.9 Å². The normalized spacial score (nSPS) is 11.1. The van der Waals surface area contributed by atoms with Crippen LogP contribution in [0.2, 0.25) is 5.02 Å². The molecule has 0 atom stereocenters. The number of benzene rings is 1. The fourth-order valence-electron chi connectivity index (χ4n) is 2.43. The third-order valence-electron chi connectivity index (χ3n) is 3.84. The summed E-state index contributed by atoms with van der Waals surface area (Å²) in [6.07, 6.45) is 9.58. The second-order valence-corrected chi connectivity index (χ2v) is 6.57. The molecule has 1 aromatic carbocycles. The molecule has 0 unspecified atom stereocenters. The third-order valence-corrected chi connectivity index (χ3v) is 4.14. The fraction of sp³-hybridized carbons (Fsp3) is 0.125. The van der Waals surface area contributed by atoms with Crippen molar-refractivity contribution in [2.45, 2.75) is 13.3 Å². The van der Waals surface area contributed by atoms with Gasteiger partial charge in [0.25, 0.3) is 0 Å². The molecule has 7 heteroatoms. The number of ether oxygens (including phenoxy) is 2. The van der Waals surface area contributed by atoms with Crippen molar-refractivity contribution in [3.05, 3.63) is 96.2 Å². The Balaban J connectivity index is 1.98.